The van der Waals surface area contributed by atoms with Gasteiger partial charge in [0.1, 0.15) is 0 Å². The number of aliphatic hydroxyl groups excluding tert-OH is 1. The molecule has 5 nitrogen and oxygen atoms in total. The minimum Gasteiger partial charge on any atom is -0.391 e. The predicted molar refractivity (Wildman–Crippen MR) is 88.8 cm³/mol. The number of carbonyl (C=O) groups excluding carboxylic acids is 1. The number of nitrogens with one attached hydrogen (secondary N) is 1. The van der Waals surface area contributed by atoms with Gasteiger partial charge < -0.3 is 21.1 Å². The van der Waals surface area contributed by atoms with Crippen molar-refractivity contribution in [3.8, 4) is 0 Å². The first-order chi connectivity index (χ1) is 10.5. The van der Waals surface area contributed by atoms with Gasteiger partial charge in [0.2, 0.25) is 5.91 Å². The number of nitrogens with zero attached hydrogens (tertiary/aromatic N) is 1. The van der Waals surface area contributed by atoms with Crippen LogP contribution in [0.2, 0.25) is 0 Å². The van der Waals surface area contributed by atoms with Gasteiger partial charge in [-0.1, -0.05) is 12.1 Å². The zero-order chi connectivity index (χ0) is 16.1. The maximum Gasteiger partial charge on any atom is 0.223 e. The predicted octanol–water partition coefficient (Wildman–Crippen LogP) is 1.04. The van der Waals surface area contributed by atoms with Crippen molar-refractivity contribution in [2.45, 2.75) is 38.8 Å². The van der Waals surface area contributed by atoms with E-state index in [1.165, 1.54) is 11.3 Å². The fourth-order valence-corrected chi connectivity index (χ4v) is 3.02. The lowest BCUT2D eigenvalue weighted by Crippen LogP contribution is -2.37. The molecule has 1 fully saturated rings. The maximum absolute atomic E-state index is 12.1. The first-order valence-corrected chi connectivity index (χ1v) is 8.04. The summed E-state index contributed by atoms with van der Waals surface area (Å²) >= 11 is 0. The first-order valence-electron chi connectivity index (χ1n) is 8.04. The van der Waals surface area contributed by atoms with Gasteiger partial charge in [0, 0.05) is 37.3 Å². The third kappa shape index (κ3) is 4.21. The van der Waals surface area contributed by atoms with E-state index in [0.717, 1.165) is 13.1 Å². The molecule has 0 saturated heterocycles. The molecule has 22 heavy (non-hydrogen) atoms. The molecule has 4 N–H and O–H groups in total. The average molecular weight is 305 g/mol. The molecule has 0 aromatic heterocycles. The lowest BCUT2D eigenvalue weighted by molar-refractivity contribution is -0.124. The molecular weight excluding hydrogens is 278 g/mol. The zero-order valence-corrected chi connectivity index (χ0v) is 13.5. The van der Waals surface area contributed by atoms with Crippen LogP contribution in [0.5, 0.6) is 0 Å². The maximum atomic E-state index is 12.1. The molecule has 0 spiro atoms. The van der Waals surface area contributed by atoms with Gasteiger partial charge in [-0.3, -0.25) is 4.79 Å². The molecule has 1 aromatic rings. The number of nitrogens with two attached hydrogens (primary N) is 1. The molecule has 1 aliphatic carbocycles. The normalized spacial score (nSPS) is 24.3. The third-order valence-electron chi connectivity index (χ3n) is 4.38. The van der Waals surface area contributed by atoms with Gasteiger partial charge in [-0.15, -0.1) is 0 Å². The molecule has 0 radical (unpaired) electrons. The minimum atomic E-state index is -0.546. The van der Waals surface area contributed by atoms with E-state index in [0.29, 0.717) is 19.4 Å². The highest BCUT2D eigenvalue weighted by Gasteiger charge is 2.34. The van der Waals surface area contributed by atoms with E-state index in [1.807, 2.05) is 6.07 Å². The molecule has 122 valence electrons. The van der Waals surface area contributed by atoms with Gasteiger partial charge in [-0.25, -0.2) is 0 Å². The van der Waals surface area contributed by atoms with Crippen molar-refractivity contribution >= 4 is 11.6 Å². The van der Waals surface area contributed by atoms with Crippen molar-refractivity contribution in [1.82, 2.24) is 5.32 Å². The zero-order valence-electron chi connectivity index (χ0n) is 13.5. The first kappa shape index (κ1) is 16.8. The monoisotopic (exact) mass is 305 g/mol. The standard InChI is InChI=1S/C17H27N3O2/c1-3-20(14-6-4-5-12(2)9-14)8-7-19-17(22)13-10-15(18)16(21)11-13/h4-6,9,13,15-16,21H,3,7-8,10-11,18H2,1-2H3,(H,19,22)/t13-,15+,16+/m0/s1. The SMILES string of the molecule is CCN(CCNC(=O)[C@H]1C[C@@H](N)[C@H](O)C1)c1cccc(C)c1. The molecular formula is C17H27N3O2. The number of amides is 1. The van der Waals surface area contributed by atoms with E-state index in [1.54, 1.807) is 0 Å². The van der Waals surface area contributed by atoms with Crippen LogP contribution in [-0.2, 0) is 4.79 Å². The Morgan fingerprint density at radius 2 is 2.23 bits per heavy atom. The second kappa shape index (κ2) is 7.61. The Morgan fingerprint density at radius 1 is 1.45 bits per heavy atom. The summed E-state index contributed by atoms with van der Waals surface area (Å²) < 4.78 is 0. The van der Waals surface area contributed by atoms with Crippen molar-refractivity contribution in [2.24, 2.45) is 11.7 Å². The summed E-state index contributed by atoms with van der Waals surface area (Å²) in [5, 5.41) is 12.6. The molecule has 1 amide bonds. The minimum absolute atomic E-state index is 0.00675. The van der Waals surface area contributed by atoms with Crippen LogP contribution < -0.4 is 16.0 Å². The van der Waals surface area contributed by atoms with Gasteiger partial charge in [0.25, 0.3) is 0 Å². The van der Waals surface area contributed by atoms with E-state index in [4.69, 9.17) is 5.73 Å². The summed E-state index contributed by atoms with van der Waals surface area (Å²) in [5.74, 6) is -0.147. The molecule has 0 bridgehead atoms. The van der Waals surface area contributed by atoms with Crippen LogP contribution in [0.25, 0.3) is 0 Å². The van der Waals surface area contributed by atoms with Crippen LogP contribution in [-0.4, -0.2) is 42.8 Å². The Hall–Kier alpha value is -1.59. The van der Waals surface area contributed by atoms with Gasteiger partial charge >= 0.3 is 0 Å². The highest BCUT2D eigenvalue weighted by atomic mass is 16.3. The summed E-state index contributed by atoms with van der Waals surface area (Å²) in [6.07, 6.45) is 0.500. The topological polar surface area (TPSA) is 78.6 Å². The number of anilines is 1. The fourth-order valence-electron chi connectivity index (χ4n) is 3.02. The van der Waals surface area contributed by atoms with E-state index in [-0.39, 0.29) is 17.9 Å². The Balaban J connectivity index is 1.80. The number of hydrogen-bond donors (Lipinski definition) is 3. The second-order valence-corrected chi connectivity index (χ2v) is 6.11. The molecule has 1 aliphatic rings. The van der Waals surface area contributed by atoms with E-state index in [9.17, 15) is 9.90 Å². The van der Waals surface area contributed by atoms with Gasteiger partial charge in [-0.2, -0.15) is 0 Å². The molecule has 1 aromatic carbocycles. The summed E-state index contributed by atoms with van der Waals surface area (Å²) in [6.45, 7) is 6.45. The number of hydrogen-bond acceptors (Lipinski definition) is 4. The Bertz CT molecular complexity index is 496. The molecule has 0 heterocycles. The quantitative estimate of drug-likeness (QED) is 0.734. The largest absolute Gasteiger partial charge is 0.391 e. The van der Waals surface area contributed by atoms with Crippen LogP contribution >= 0.6 is 0 Å². The van der Waals surface area contributed by atoms with Gasteiger partial charge in [0.05, 0.1) is 6.10 Å². The number of likely N-dealkylation sites (N-methyl/N-ethyl adjacent to an activating group) is 1. The number of benzene rings is 1. The lowest BCUT2D eigenvalue weighted by atomic mass is 10.1. The number of aliphatic hydroxyl groups is 1. The van der Waals surface area contributed by atoms with Crippen LogP contribution in [0.15, 0.2) is 24.3 Å². The average Bonchev–Trinajstić information content (AvgIpc) is 2.83. The van der Waals surface area contributed by atoms with Crippen LogP contribution in [0.1, 0.15) is 25.3 Å². The van der Waals surface area contributed by atoms with Crippen molar-refractivity contribution in [3.05, 3.63) is 29.8 Å². The van der Waals surface area contributed by atoms with Crippen LogP contribution in [0.3, 0.4) is 0 Å². The number of carbonyl (C=O) groups is 1. The molecule has 5 heteroatoms. The van der Waals surface area contributed by atoms with Crippen molar-refractivity contribution in [3.63, 3.8) is 0 Å². The van der Waals surface area contributed by atoms with E-state index in [2.05, 4.69) is 42.3 Å². The summed E-state index contributed by atoms with van der Waals surface area (Å²) in [6, 6.07) is 8.10. The summed E-state index contributed by atoms with van der Waals surface area (Å²) in [7, 11) is 0. The second-order valence-electron chi connectivity index (χ2n) is 6.11. The molecule has 2 rings (SSSR count). The lowest BCUT2D eigenvalue weighted by Gasteiger charge is -2.24. The number of aryl methyl sites for hydroxylation is 1. The van der Waals surface area contributed by atoms with Crippen molar-refractivity contribution in [2.75, 3.05) is 24.5 Å². The Labute approximate surface area is 132 Å². The van der Waals surface area contributed by atoms with Crippen molar-refractivity contribution < 1.29 is 9.90 Å². The summed E-state index contributed by atoms with van der Waals surface area (Å²) in [5.41, 5.74) is 8.16. The highest BCUT2D eigenvalue weighted by molar-refractivity contribution is 5.79. The van der Waals surface area contributed by atoms with Gasteiger partial charge in [0.15, 0.2) is 0 Å². The van der Waals surface area contributed by atoms with E-state index >= 15 is 0 Å². The molecule has 0 aliphatic heterocycles. The third-order valence-corrected chi connectivity index (χ3v) is 4.38. The van der Waals surface area contributed by atoms with Crippen LogP contribution in [0, 0.1) is 12.8 Å². The molecule has 0 unspecified atom stereocenters. The highest BCUT2D eigenvalue weighted by Crippen LogP contribution is 2.24. The number of rotatable bonds is 6. The van der Waals surface area contributed by atoms with Crippen molar-refractivity contribution in [1.29, 1.82) is 0 Å². The van der Waals surface area contributed by atoms with Gasteiger partial charge in [-0.05, 0) is 44.4 Å². The summed E-state index contributed by atoms with van der Waals surface area (Å²) in [4.78, 5) is 14.3. The smallest absolute Gasteiger partial charge is 0.223 e. The fraction of sp³-hybridized carbons (Fsp3) is 0.588. The molecule has 3 atom stereocenters. The molecule has 1 saturated carbocycles. The van der Waals surface area contributed by atoms with E-state index < -0.39 is 6.10 Å². The Morgan fingerprint density at radius 3 is 2.82 bits per heavy atom. The van der Waals surface area contributed by atoms with Crippen LogP contribution in [0.4, 0.5) is 5.69 Å². The Kier molecular flexibility index (Phi) is 5.80.